The molecule has 0 bridgehead atoms. The topological polar surface area (TPSA) is 0 Å². The second kappa shape index (κ2) is 10.7. The Morgan fingerprint density at radius 3 is 1.81 bits per heavy atom. The molecule has 0 nitrogen and oxygen atoms in total. The Morgan fingerprint density at radius 1 is 0.778 bits per heavy atom. The minimum Gasteiger partial charge on any atom is -0.748 e. The molecule has 0 heterocycles. The zero-order valence-corrected chi connectivity index (χ0v) is 15.9. The SMILES string of the molecule is C#Cc1ccccc1.C(#C[c-]1cccc1)c1cc2ccc1-2.[Fe].[cH-]1[cH-][cH-][cH-][cH-]1. The van der Waals surface area contributed by atoms with Crippen molar-refractivity contribution in [2.75, 3.05) is 0 Å². The largest absolute Gasteiger partial charge is 0.748 e. The van der Waals surface area contributed by atoms with E-state index in [1.807, 2.05) is 84.9 Å². The van der Waals surface area contributed by atoms with E-state index in [-0.39, 0.29) is 17.1 Å². The van der Waals surface area contributed by atoms with E-state index in [0.29, 0.717) is 0 Å². The van der Waals surface area contributed by atoms with Crippen molar-refractivity contribution < 1.29 is 17.1 Å². The van der Waals surface area contributed by atoms with Gasteiger partial charge in [-0.05, 0) is 34.9 Å². The van der Waals surface area contributed by atoms with Gasteiger partial charge in [-0.3, -0.25) is 0 Å². The van der Waals surface area contributed by atoms with Crippen LogP contribution in [0.5, 0.6) is 0 Å². The molecular weight excluding hydrogens is 368 g/mol. The molecule has 0 spiro atoms. The molecule has 136 valence electrons. The number of fused-ring (bicyclic) bond motifs is 1. The number of hydrogen-bond donors (Lipinski definition) is 0. The summed E-state index contributed by atoms with van der Waals surface area (Å²) >= 11 is 0. The van der Waals surface area contributed by atoms with Gasteiger partial charge in [0.05, 0.1) is 0 Å². The van der Waals surface area contributed by atoms with Crippen LogP contribution < -0.4 is 0 Å². The first kappa shape index (κ1) is 20.1. The van der Waals surface area contributed by atoms with E-state index in [2.05, 4.69) is 36.0 Å². The van der Waals surface area contributed by atoms with Gasteiger partial charge >= 0.3 is 0 Å². The Hall–Kier alpha value is -3.22. The number of hydrogen-bond acceptors (Lipinski definition) is 0. The van der Waals surface area contributed by atoms with Gasteiger partial charge in [0.1, 0.15) is 0 Å². The van der Waals surface area contributed by atoms with Crippen molar-refractivity contribution in [3.8, 4) is 35.3 Å². The van der Waals surface area contributed by atoms with Crippen LogP contribution in [0.3, 0.4) is 0 Å². The average molecular weight is 386 g/mol. The minimum atomic E-state index is 0. The molecule has 0 aliphatic heterocycles. The minimum absolute atomic E-state index is 0. The third-order valence-corrected chi connectivity index (χ3v) is 3.83. The molecule has 5 rings (SSSR count). The maximum atomic E-state index is 5.10. The molecule has 2 aliphatic rings. The van der Waals surface area contributed by atoms with Gasteiger partial charge in [0.25, 0.3) is 0 Å². The van der Waals surface area contributed by atoms with E-state index in [1.165, 1.54) is 16.7 Å². The van der Waals surface area contributed by atoms with Crippen LogP contribution in [0.2, 0.25) is 0 Å². The van der Waals surface area contributed by atoms with Crippen molar-refractivity contribution >= 4 is 0 Å². The van der Waals surface area contributed by atoms with E-state index in [0.717, 1.165) is 11.1 Å². The molecule has 3 aromatic carbocycles. The number of rotatable bonds is 0. The smallest absolute Gasteiger partial charge is 0.0242 e. The fourth-order valence-electron chi connectivity index (χ4n) is 2.34. The van der Waals surface area contributed by atoms with Gasteiger partial charge in [-0.2, -0.15) is 24.0 Å². The Kier molecular flexibility index (Phi) is 7.96. The van der Waals surface area contributed by atoms with Crippen LogP contribution in [0.25, 0.3) is 11.1 Å². The van der Waals surface area contributed by atoms with E-state index in [9.17, 15) is 0 Å². The second-order valence-electron chi connectivity index (χ2n) is 5.66. The van der Waals surface area contributed by atoms with Crippen LogP contribution in [0.1, 0.15) is 16.7 Å². The van der Waals surface area contributed by atoms with Gasteiger partial charge in [-0.15, -0.1) is 18.6 Å². The van der Waals surface area contributed by atoms with Crippen LogP contribution in [0.15, 0.2) is 103 Å². The summed E-state index contributed by atoms with van der Waals surface area (Å²) in [5.74, 6) is 8.81. The van der Waals surface area contributed by atoms with Crippen molar-refractivity contribution in [2.24, 2.45) is 0 Å². The van der Waals surface area contributed by atoms with Crippen molar-refractivity contribution in [2.45, 2.75) is 0 Å². The fraction of sp³-hybridized carbons (Fsp3) is 0. The summed E-state index contributed by atoms with van der Waals surface area (Å²) in [6.07, 6.45) is 5.10. The molecule has 2 aliphatic carbocycles. The maximum absolute atomic E-state index is 5.10. The quantitative estimate of drug-likeness (QED) is 0.178. The van der Waals surface area contributed by atoms with Crippen LogP contribution in [0.4, 0.5) is 0 Å². The van der Waals surface area contributed by atoms with Crippen LogP contribution in [-0.4, -0.2) is 0 Å². The average Bonchev–Trinajstić information content (AvgIpc) is 3.40. The molecule has 0 fully saturated rings. The van der Waals surface area contributed by atoms with Gasteiger partial charge in [-0.1, -0.05) is 41.8 Å². The van der Waals surface area contributed by atoms with Gasteiger partial charge < -0.3 is 30.3 Å². The third kappa shape index (κ3) is 5.91. The zero-order valence-electron chi connectivity index (χ0n) is 14.7. The first-order chi connectivity index (χ1) is 12.9. The Labute approximate surface area is 172 Å². The molecule has 0 radical (unpaired) electrons. The molecular formula is C26H18Fe-6. The predicted octanol–water partition coefficient (Wildman–Crippen LogP) is 5.86. The molecule has 0 unspecified atom stereocenters. The molecule has 0 saturated heterocycles. The number of benzene rings is 2. The normalized spacial score (nSPS) is 8.85. The molecule has 0 N–H and O–H groups in total. The standard InChI is InChI=1S/C13H7.C8H6.C5H5.Fe/c1-2-4-10(3-1)5-6-11-9-12-7-8-13(11)12;1-2-8-6-4-3-5-7-8;1-2-4-5-3-1;/h1-4,7-9H;1,3-7H;1-5H;/q-1;;-5;. The Balaban J connectivity index is 0.000000161. The Morgan fingerprint density at radius 2 is 1.41 bits per heavy atom. The summed E-state index contributed by atoms with van der Waals surface area (Å²) in [4.78, 5) is 0. The maximum Gasteiger partial charge on any atom is 0.0242 e. The fourth-order valence-corrected chi connectivity index (χ4v) is 2.34. The first-order valence-electron chi connectivity index (χ1n) is 8.43. The molecule has 0 atom stereocenters. The molecule has 0 amide bonds. The van der Waals surface area contributed by atoms with Crippen LogP contribution in [-0.2, 0) is 17.1 Å². The van der Waals surface area contributed by atoms with Crippen LogP contribution >= 0.6 is 0 Å². The van der Waals surface area contributed by atoms with Gasteiger partial charge in [0.15, 0.2) is 0 Å². The monoisotopic (exact) mass is 386 g/mol. The summed E-state index contributed by atoms with van der Waals surface area (Å²) in [5.41, 5.74) is 5.90. The van der Waals surface area contributed by atoms with E-state index in [4.69, 9.17) is 6.42 Å². The molecule has 27 heavy (non-hydrogen) atoms. The van der Waals surface area contributed by atoms with Gasteiger partial charge in [-0.25, -0.2) is 0 Å². The molecule has 3 aromatic rings. The van der Waals surface area contributed by atoms with E-state index < -0.39 is 0 Å². The Bertz CT molecular complexity index is 1000. The van der Waals surface area contributed by atoms with Crippen molar-refractivity contribution in [1.82, 2.24) is 0 Å². The predicted molar refractivity (Wildman–Crippen MR) is 110 cm³/mol. The van der Waals surface area contributed by atoms with Crippen LogP contribution in [0, 0.1) is 24.2 Å². The first-order valence-corrected chi connectivity index (χ1v) is 8.43. The number of terminal acetylenes is 1. The van der Waals surface area contributed by atoms with Crippen molar-refractivity contribution in [3.63, 3.8) is 0 Å². The van der Waals surface area contributed by atoms with Gasteiger partial charge in [0, 0.05) is 22.6 Å². The van der Waals surface area contributed by atoms with E-state index in [1.54, 1.807) is 0 Å². The molecule has 0 saturated carbocycles. The summed E-state index contributed by atoms with van der Waals surface area (Å²) in [6, 6.07) is 34.0. The zero-order chi connectivity index (χ0) is 18.0. The summed E-state index contributed by atoms with van der Waals surface area (Å²) in [6.45, 7) is 0. The second-order valence-corrected chi connectivity index (χ2v) is 5.66. The molecule has 1 heteroatoms. The van der Waals surface area contributed by atoms with Crippen molar-refractivity contribution in [1.29, 1.82) is 0 Å². The van der Waals surface area contributed by atoms with Crippen molar-refractivity contribution in [3.05, 3.63) is 120 Å². The van der Waals surface area contributed by atoms with Gasteiger partial charge in [0.2, 0.25) is 0 Å². The third-order valence-electron chi connectivity index (χ3n) is 3.83. The summed E-state index contributed by atoms with van der Waals surface area (Å²) in [5, 5.41) is 0. The molecule has 0 aromatic heterocycles. The van der Waals surface area contributed by atoms with E-state index >= 15 is 0 Å². The summed E-state index contributed by atoms with van der Waals surface area (Å²) < 4.78 is 0. The summed E-state index contributed by atoms with van der Waals surface area (Å²) in [7, 11) is 0.